The first-order valence-corrected chi connectivity index (χ1v) is 9.48. The van der Waals surface area contributed by atoms with Crippen LogP contribution in [0.1, 0.15) is 57.1 Å². The van der Waals surface area contributed by atoms with Crippen LogP contribution in [0.25, 0.3) is 0 Å². The van der Waals surface area contributed by atoms with Crippen LogP contribution in [0.15, 0.2) is 24.3 Å². The third kappa shape index (κ3) is 6.37. The van der Waals surface area contributed by atoms with Gasteiger partial charge in [-0.05, 0) is 42.9 Å². The third-order valence-corrected chi connectivity index (χ3v) is 4.86. The topological polar surface area (TPSA) is 29.5 Å². The van der Waals surface area contributed by atoms with Crippen LogP contribution in [-0.2, 0) is 16.0 Å². The van der Waals surface area contributed by atoms with Crippen molar-refractivity contribution >= 4 is 5.78 Å². The molecule has 1 aromatic rings. The lowest BCUT2D eigenvalue weighted by atomic mass is 9.92. The normalized spacial score (nSPS) is 17.2. The van der Waals surface area contributed by atoms with E-state index in [9.17, 15) is 4.79 Å². The first-order chi connectivity index (χ1) is 11.6. The van der Waals surface area contributed by atoms with E-state index in [4.69, 9.17) is 4.74 Å². The lowest BCUT2D eigenvalue weighted by Crippen LogP contribution is -2.36. The quantitative estimate of drug-likeness (QED) is 0.639. The van der Waals surface area contributed by atoms with Crippen molar-refractivity contribution in [3.05, 3.63) is 35.4 Å². The van der Waals surface area contributed by atoms with Gasteiger partial charge in [-0.1, -0.05) is 45.0 Å². The highest BCUT2D eigenvalue weighted by Crippen LogP contribution is 2.20. The Kier molecular flexibility index (Phi) is 7.93. The van der Waals surface area contributed by atoms with E-state index in [1.54, 1.807) is 0 Å². The van der Waals surface area contributed by atoms with Crippen LogP contribution in [-0.4, -0.2) is 43.5 Å². The van der Waals surface area contributed by atoms with Crippen LogP contribution in [0, 0.1) is 5.92 Å². The predicted molar refractivity (Wildman–Crippen MR) is 99.5 cm³/mol. The van der Waals surface area contributed by atoms with Gasteiger partial charge in [-0.15, -0.1) is 0 Å². The molecule has 2 rings (SSSR count). The van der Waals surface area contributed by atoms with Gasteiger partial charge in [0.05, 0.1) is 13.2 Å². The highest BCUT2D eigenvalue weighted by atomic mass is 16.5. The molecule has 1 saturated heterocycles. The highest BCUT2D eigenvalue weighted by molar-refractivity contribution is 5.85. The van der Waals surface area contributed by atoms with Crippen molar-refractivity contribution in [3.8, 4) is 0 Å². The van der Waals surface area contributed by atoms with Crippen LogP contribution in [0.4, 0.5) is 0 Å². The maximum atomic E-state index is 12.4. The van der Waals surface area contributed by atoms with Crippen LogP contribution in [0.2, 0.25) is 0 Å². The fraction of sp³-hybridized carbons (Fsp3) is 0.667. The van der Waals surface area contributed by atoms with Gasteiger partial charge in [0.2, 0.25) is 0 Å². The van der Waals surface area contributed by atoms with E-state index < -0.39 is 0 Å². The van der Waals surface area contributed by atoms with Crippen LogP contribution in [0.5, 0.6) is 0 Å². The average molecular weight is 332 g/mol. The van der Waals surface area contributed by atoms with Crippen LogP contribution in [0.3, 0.4) is 0 Å². The molecule has 134 valence electrons. The van der Waals surface area contributed by atoms with E-state index in [2.05, 4.69) is 43.0 Å². The molecule has 0 N–H and O–H groups in total. The minimum atomic E-state index is 0.0153. The molecule has 0 saturated carbocycles. The third-order valence-electron chi connectivity index (χ3n) is 4.86. The summed E-state index contributed by atoms with van der Waals surface area (Å²) in [7, 11) is 0. The first-order valence-electron chi connectivity index (χ1n) is 9.48. The van der Waals surface area contributed by atoms with Crippen molar-refractivity contribution in [1.82, 2.24) is 4.90 Å². The summed E-state index contributed by atoms with van der Waals surface area (Å²) < 4.78 is 5.36. The number of carbonyl (C=O) groups excluding carboxylic acids is 1. The summed E-state index contributed by atoms with van der Waals surface area (Å²) in [4.78, 5) is 14.9. The molecule has 0 unspecified atom stereocenters. The zero-order chi connectivity index (χ0) is 17.4. The van der Waals surface area contributed by atoms with E-state index in [1.807, 2.05) is 6.92 Å². The van der Waals surface area contributed by atoms with Gasteiger partial charge < -0.3 is 4.74 Å². The van der Waals surface area contributed by atoms with E-state index in [-0.39, 0.29) is 5.92 Å². The molecule has 24 heavy (non-hydrogen) atoms. The summed E-state index contributed by atoms with van der Waals surface area (Å²) in [5, 5.41) is 0. The molecule has 3 nitrogen and oxygen atoms in total. The molecule has 0 spiro atoms. The Morgan fingerprint density at radius 1 is 1.08 bits per heavy atom. The monoisotopic (exact) mass is 331 g/mol. The van der Waals surface area contributed by atoms with Gasteiger partial charge in [-0.25, -0.2) is 0 Å². The fourth-order valence-electron chi connectivity index (χ4n) is 3.28. The summed E-state index contributed by atoms with van der Waals surface area (Å²) in [6.07, 6.45) is 3.89. The lowest BCUT2D eigenvalue weighted by Gasteiger charge is -2.26. The number of Topliss-reactive ketones (excluding diaryl/α,β-unsaturated/α-hetero) is 1. The molecule has 1 aliphatic rings. The van der Waals surface area contributed by atoms with Crippen molar-refractivity contribution in [1.29, 1.82) is 0 Å². The molecule has 1 atom stereocenters. The molecule has 0 aromatic heterocycles. The Morgan fingerprint density at radius 3 is 2.38 bits per heavy atom. The van der Waals surface area contributed by atoms with Crippen molar-refractivity contribution in [2.75, 3.05) is 32.8 Å². The van der Waals surface area contributed by atoms with Crippen molar-refractivity contribution in [2.24, 2.45) is 5.92 Å². The Labute approximate surface area is 147 Å². The zero-order valence-corrected chi connectivity index (χ0v) is 15.6. The molecule has 0 aliphatic carbocycles. The molecule has 1 aromatic carbocycles. The fourth-order valence-corrected chi connectivity index (χ4v) is 3.28. The summed E-state index contributed by atoms with van der Waals surface area (Å²) in [6, 6.07) is 8.62. The van der Waals surface area contributed by atoms with Gasteiger partial charge in [0.1, 0.15) is 5.78 Å². The molecule has 0 radical (unpaired) electrons. The van der Waals surface area contributed by atoms with Gasteiger partial charge in [-0.2, -0.15) is 0 Å². The maximum absolute atomic E-state index is 12.4. The number of carbonyl (C=O) groups is 1. The van der Waals surface area contributed by atoms with E-state index in [0.29, 0.717) is 18.1 Å². The van der Waals surface area contributed by atoms with Crippen LogP contribution >= 0.6 is 0 Å². The highest BCUT2D eigenvalue weighted by Gasteiger charge is 2.15. The van der Waals surface area contributed by atoms with Gasteiger partial charge in [0.25, 0.3) is 0 Å². The standard InChI is InChI=1S/C21H33NO2/c1-17(2)16-19-7-9-20(10-8-19)18(3)21(23)6-4-5-11-22-12-14-24-15-13-22/h7-10,17-18H,4-6,11-16H2,1-3H3/t18-/m1/s1. The van der Waals surface area contributed by atoms with Gasteiger partial charge in [0.15, 0.2) is 0 Å². The predicted octanol–water partition coefficient (Wildman–Crippen LogP) is 4.06. The number of benzene rings is 1. The number of nitrogens with zero attached hydrogens (tertiary/aromatic N) is 1. The first kappa shape index (κ1) is 19.1. The Bertz CT molecular complexity index is 489. The number of ketones is 1. The van der Waals surface area contributed by atoms with E-state index in [0.717, 1.165) is 57.7 Å². The lowest BCUT2D eigenvalue weighted by molar-refractivity contribution is -0.120. The summed E-state index contributed by atoms with van der Waals surface area (Å²) in [5.74, 6) is 1.05. The largest absolute Gasteiger partial charge is 0.379 e. The Balaban J connectivity index is 1.71. The van der Waals surface area contributed by atoms with E-state index >= 15 is 0 Å². The Morgan fingerprint density at radius 2 is 1.75 bits per heavy atom. The Hall–Kier alpha value is -1.19. The minimum absolute atomic E-state index is 0.0153. The minimum Gasteiger partial charge on any atom is -0.379 e. The number of morpholine rings is 1. The molecular formula is C21H33NO2. The second kappa shape index (κ2) is 9.95. The number of hydrogen-bond donors (Lipinski definition) is 0. The van der Waals surface area contributed by atoms with Crippen molar-refractivity contribution < 1.29 is 9.53 Å². The maximum Gasteiger partial charge on any atom is 0.140 e. The molecule has 0 bridgehead atoms. The molecule has 1 heterocycles. The SMILES string of the molecule is CC(C)Cc1ccc([C@@H](C)C(=O)CCCCN2CCOCC2)cc1. The van der Waals surface area contributed by atoms with Gasteiger partial charge in [-0.3, -0.25) is 9.69 Å². The van der Waals surface area contributed by atoms with Gasteiger partial charge >= 0.3 is 0 Å². The van der Waals surface area contributed by atoms with Crippen LogP contribution < -0.4 is 0 Å². The summed E-state index contributed by atoms with van der Waals surface area (Å²) in [5.41, 5.74) is 2.51. The molecule has 0 amide bonds. The number of hydrogen-bond acceptors (Lipinski definition) is 3. The average Bonchev–Trinajstić information content (AvgIpc) is 2.59. The molecule has 1 aliphatic heterocycles. The second-order valence-corrected chi connectivity index (χ2v) is 7.44. The molecular weight excluding hydrogens is 298 g/mol. The van der Waals surface area contributed by atoms with Crippen molar-refractivity contribution in [3.63, 3.8) is 0 Å². The zero-order valence-electron chi connectivity index (χ0n) is 15.6. The number of ether oxygens (including phenoxy) is 1. The summed E-state index contributed by atoms with van der Waals surface area (Å²) in [6.45, 7) is 11.4. The second-order valence-electron chi connectivity index (χ2n) is 7.44. The van der Waals surface area contributed by atoms with E-state index in [1.165, 1.54) is 5.56 Å². The van der Waals surface area contributed by atoms with Crippen molar-refractivity contribution in [2.45, 2.75) is 52.4 Å². The molecule has 3 heteroatoms. The smallest absolute Gasteiger partial charge is 0.140 e. The van der Waals surface area contributed by atoms with Gasteiger partial charge in [0, 0.05) is 25.4 Å². The number of unbranched alkanes of at least 4 members (excludes halogenated alkanes) is 1. The summed E-state index contributed by atoms with van der Waals surface area (Å²) >= 11 is 0. The number of rotatable bonds is 9. The molecule has 1 fully saturated rings.